The molecular formula is C12H14N2O2. The van der Waals surface area contributed by atoms with E-state index in [1.54, 1.807) is 0 Å². The van der Waals surface area contributed by atoms with Crippen LogP contribution in [0.25, 0.3) is 10.9 Å². The minimum absolute atomic E-state index is 0.218. The molecule has 3 N–H and O–H groups in total. The van der Waals surface area contributed by atoms with Crippen molar-refractivity contribution in [2.45, 2.75) is 12.8 Å². The first-order chi connectivity index (χ1) is 7.72. The Morgan fingerprint density at radius 1 is 1.44 bits per heavy atom. The Balaban J connectivity index is 2.29. The number of ether oxygens (including phenoxy) is 1. The van der Waals surface area contributed by atoms with Crippen LogP contribution >= 0.6 is 0 Å². The largest absolute Gasteiger partial charge is 0.469 e. The number of aromatic nitrogens is 1. The molecule has 1 aromatic carbocycles. The number of methoxy groups -OCH3 is 1. The van der Waals surface area contributed by atoms with Crippen molar-refractivity contribution in [3.05, 3.63) is 29.8 Å². The van der Waals surface area contributed by atoms with Gasteiger partial charge in [0.15, 0.2) is 0 Å². The molecule has 2 rings (SSSR count). The summed E-state index contributed by atoms with van der Waals surface area (Å²) in [4.78, 5) is 14.2. The molecule has 0 spiro atoms. The van der Waals surface area contributed by atoms with Crippen molar-refractivity contribution < 1.29 is 9.53 Å². The van der Waals surface area contributed by atoms with Gasteiger partial charge in [-0.3, -0.25) is 4.79 Å². The number of carbonyl (C=O) groups is 1. The van der Waals surface area contributed by atoms with E-state index in [1.165, 1.54) is 7.11 Å². The number of aryl methyl sites for hydroxylation is 1. The van der Waals surface area contributed by atoms with Gasteiger partial charge in [0, 0.05) is 22.9 Å². The Morgan fingerprint density at radius 3 is 2.94 bits per heavy atom. The summed E-state index contributed by atoms with van der Waals surface area (Å²) < 4.78 is 4.61. The monoisotopic (exact) mass is 218 g/mol. The van der Waals surface area contributed by atoms with Gasteiger partial charge in [0.2, 0.25) is 0 Å². The molecule has 0 saturated heterocycles. The Labute approximate surface area is 93.4 Å². The van der Waals surface area contributed by atoms with E-state index in [9.17, 15) is 4.79 Å². The first-order valence-corrected chi connectivity index (χ1v) is 5.14. The molecule has 4 nitrogen and oxygen atoms in total. The van der Waals surface area contributed by atoms with Gasteiger partial charge in [0.1, 0.15) is 5.82 Å². The third-order valence-corrected chi connectivity index (χ3v) is 2.65. The van der Waals surface area contributed by atoms with Crippen LogP contribution in [0.5, 0.6) is 0 Å². The number of benzene rings is 1. The Kier molecular flexibility index (Phi) is 2.81. The number of esters is 1. The van der Waals surface area contributed by atoms with Crippen LogP contribution in [-0.4, -0.2) is 18.1 Å². The molecule has 0 aliphatic carbocycles. The van der Waals surface area contributed by atoms with Crippen LogP contribution in [0.3, 0.4) is 0 Å². The van der Waals surface area contributed by atoms with Crippen LogP contribution in [0.1, 0.15) is 12.0 Å². The van der Waals surface area contributed by atoms with Gasteiger partial charge in [0.05, 0.1) is 7.11 Å². The number of hydrogen-bond donors (Lipinski definition) is 2. The molecule has 0 amide bonds. The minimum atomic E-state index is -0.218. The number of nitrogen functional groups attached to an aromatic ring is 1. The third kappa shape index (κ3) is 1.86. The lowest BCUT2D eigenvalue weighted by molar-refractivity contribution is -0.140. The molecule has 0 bridgehead atoms. The predicted molar refractivity (Wildman–Crippen MR) is 63.0 cm³/mol. The zero-order valence-electron chi connectivity index (χ0n) is 9.12. The van der Waals surface area contributed by atoms with Gasteiger partial charge >= 0.3 is 5.97 Å². The summed E-state index contributed by atoms with van der Waals surface area (Å²) in [6, 6.07) is 7.86. The van der Waals surface area contributed by atoms with Crippen LogP contribution < -0.4 is 5.73 Å². The predicted octanol–water partition coefficient (Wildman–Crippen LogP) is 1.86. The molecular weight excluding hydrogens is 204 g/mol. The number of rotatable bonds is 3. The second-order valence-electron chi connectivity index (χ2n) is 3.64. The quantitative estimate of drug-likeness (QED) is 0.772. The number of anilines is 1. The van der Waals surface area contributed by atoms with E-state index < -0.39 is 0 Å². The molecule has 0 saturated carbocycles. The highest BCUT2D eigenvalue weighted by Crippen LogP contribution is 2.25. The first kappa shape index (κ1) is 10.5. The third-order valence-electron chi connectivity index (χ3n) is 2.65. The lowest BCUT2D eigenvalue weighted by atomic mass is 10.1. The molecule has 0 atom stereocenters. The van der Waals surface area contributed by atoms with Crippen LogP contribution in [-0.2, 0) is 16.0 Å². The average Bonchev–Trinajstić information content (AvgIpc) is 2.62. The van der Waals surface area contributed by atoms with E-state index in [4.69, 9.17) is 5.73 Å². The Bertz CT molecular complexity index is 517. The highest BCUT2D eigenvalue weighted by atomic mass is 16.5. The van der Waals surface area contributed by atoms with Gasteiger partial charge in [-0.05, 0) is 12.5 Å². The van der Waals surface area contributed by atoms with Gasteiger partial charge in [-0.2, -0.15) is 0 Å². The van der Waals surface area contributed by atoms with Crippen molar-refractivity contribution in [2.24, 2.45) is 0 Å². The molecule has 0 aliphatic rings. The Morgan fingerprint density at radius 2 is 2.19 bits per heavy atom. The average molecular weight is 218 g/mol. The van der Waals surface area contributed by atoms with E-state index in [0.717, 1.165) is 16.5 Å². The van der Waals surface area contributed by atoms with E-state index in [0.29, 0.717) is 18.7 Å². The number of fused-ring (bicyclic) bond motifs is 1. The number of H-pyrrole nitrogens is 1. The van der Waals surface area contributed by atoms with Crippen LogP contribution in [0, 0.1) is 0 Å². The van der Waals surface area contributed by atoms with Crippen LogP contribution in [0.4, 0.5) is 5.82 Å². The second kappa shape index (κ2) is 4.26. The molecule has 0 aliphatic heterocycles. The molecule has 1 aromatic heterocycles. The summed E-state index contributed by atoms with van der Waals surface area (Å²) in [5.41, 5.74) is 7.86. The maximum atomic E-state index is 11.1. The first-order valence-electron chi connectivity index (χ1n) is 5.14. The summed E-state index contributed by atoms with van der Waals surface area (Å²) in [7, 11) is 1.39. The summed E-state index contributed by atoms with van der Waals surface area (Å²) >= 11 is 0. The standard InChI is InChI=1S/C12H14N2O2/c1-16-11(15)7-6-9-8-4-2-3-5-10(8)14-12(9)13/h2-5,14H,6-7,13H2,1H3. The molecule has 1 heterocycles. The maximum absolute atomic E-state index is 11.1. The van der Waals surface area contributed by atoms with Crippen LogP contribution in [0.2, 0.25) is 0 Å². The highest BCUT2D eigenvalue weighted by molar-refractivity contribution is 5.88. The molecule has 4 heteroatoms. The summed E-state index contributed by atoms with van der Waals surface area (Å²) in [5, 5.41) is 1.07. The second-order valence-corrected chi connectivity index (χ2v) is 3.64. The van der Waals surface area contributed by atoms with Gasteiger partial charge in [0.25, 0.3) is 0 Å². The number of nitrogens with one attached hydrogen (secondary N) is 1. The van der Waals surface area contributed by atoms with Crippen molar-refractivity contribution in [3.8, 4) is 0 Å². The SMILES string of the molecule is COC(=O)CCc1c(N)[nH]c2ccccc12. The molecule has 84 valence electrons. The van der Waals surface area contributed by atoms with Crippen molar-refractivity contribution in [1.29, 1.82) is 0 Å². The zero-order valence-corrected chi connectivity index (χ0v) is 9.12. The summed E-state index contributed by atoms with van der Waals surface area (Å²) in [5.74, 6) is 0.412. The Hall–Kier alpha value is -1.97. The van der Waals surface area contributed by atoms with Gasteiger partial charge in [-0.1, -0.05) is 18.2 Å². The molecule has 0 unspecified atom stereocenters. The van der Waals surface area contributed by atoms with Crippen molar-refractivity contribution in [2.75, 3.05) is 12.8 Å². The molecule has 0 fully saturated rings. The fourth-order valence-corrected chi connectivity index (χ4v) is 1.82. The van der Waals surface area contributed by atoms with E-state index in [2.05, 4.69) is 9.72 Å². The van der Waals surface area contributed by atoms with Crippen molar-refractivity contribution in [1.82, 2.24) is 4.98 Å². The van der Waals surface area contributed by atoms with Gasteiger partial charge in [-0.15, -0.1) is 0 Å². The normalized spacial score (nSPS) is 10.6. The molecule has 0 radical (unpaired) electrons. The van der Waals surface area contributed by atoms with E-state index in [1.807, 2.05) is 24.3 Å². The molecule has 2 aromatic rings. The van der Waals surface area contributed by atoms with Crippen molar-refractivity contribution in [3.63, 3.8) is 0 Å². The van der Waals surface area contributed by atoms with E-state index >= 15 is 0 Å². The number of nitrogens with two attached hydrogens (primary N) is 1. The van der Waals surface area contributed by atoms with Gasteiger partial charge < -0.3 is 15.5 Å². The van der Waals surface area contributed by atoms with Gasteiger partial charge in [-0.25, -0.2) is 0 Å². The lowest BCUT2D eigenvalue weighted by Crippen LogP contribution is -2.02. The topological polar surface area (TPSA) is 68.1 Å². The smallest absolute Gasteiger partial charge is 0.305 e. The zero-order chi connectivity index (χ0) is 11.5. The maximum Gasteiger partial charge on any atom is 0.305 e. The number of aromatic amines is 1. The fraction of sp³-hybridized carbons (Fsp3) is 0.250. The summed E-state index contributed by atoms with van der Waals surface area (Å²) in [6.07, 6.45) is 0.949. The lowest BCUT2D eigenvalue weighted by Gasteiger charge is -2.00. The molecule has 16 heavy (non-hydrogen) atoms. The fourth-order valence-electron chi connectivity index (χ4n) is 1.82. The number of carbonyl (C=O) groups excluding carboxylic acids is 1. The minimum Gasteiger partial charge on any atom is -0.469 e. The summed E-state index contributed by atoms with van der Waals surface area (Å²) in [6.45, 7) is 0. The van der Waals surface area contributed by atoms with E-state index in [-0.39, 0.29) is 5.97 Å². The van der Waals surface area contributed by atoms with Crippen molar-refractivity contribution >= 4 is 22.7 Å². The highest BCUT2D eigenvalue weighted by Gasteiger charge is 2.10. The number of para-hydroxylation sites is 1. The number of hydrogen-bond acceptors (Lipinski definition) is 3. The van der Waals surface area contributed by atoms with Crippen LogP contribution in [0.15, 0.2) is 24.3 Å².